The fourth-order valence-electron chi connectivity index (χ4n) is 1.41. The molecule has 0 amide bonds. The molecule has 1 atom stereocenters. The lowest BCUT2D eigenvalue weighted by Gasteiger charge is -2.18. The molecule has 104 valence electrons. The fraction of sp³-hybridized carbons (Fsp3) is 0.462. The van der Waals surface area contributed by atoms with Gasteiger partial charge in [0, 0.05) is 4.43 Å². The first-order valence-corrected chi connectivity index (χ1v) is 9.38. The summed E-state index contributed by atoms with van der Waals surface area (Å²) in [5, 5.41) is 8.72. The molecule has 0 N–H and O–H groups in total. The third-order valence-corrected chi connectivity index (χ3v) is 4.75. The van der Waals surface area contributed by atoms with Crippen molar-refractivity contribution in [2.75, 3.05) is 17.2 Å². The van der Waals surface area contributed by atoms with Crippen LogP contribution in [0.5, 0.6) is 5.75 Å². The van der Waals surface area contributed by atoms with Gasteiger partial charge in [0.1, 0.15) is 5.75 Å². The molecule has 0 aliphatic carbocycles. The van der Waals surface area contributed by atoms with Crippen molar-refractivity contribution in [1.29, 1.82) is 5.26 Å². The van der Waals surface area contributed by atoms with Gasteiger partial charge in [-0.1, -0.05) is 35.9 Å². The number of hydrogen-bond acceptors (Lipinski definition) is 4. The van der Waals surface area contributed by atoms with Gasteiger partial charge in [0.25, 0.3) is 0 Å². The van der Waals surface area contributed by atoms with Crippen LogP contribution in [0.3, 0.4) is 0 Å². The van der Waals surface area contributed by atoms with Crippen LogP contribution in [-0.2, 0) is 9.09 Å². The third-order valence-electron chi connectivity index (χ3n) is 2.38. The van der Waals surface area contributed by atoms with Gasteiger partial charge < -0.3 is 4.52 Å². The van der Waals surface area contributed by atoms with E-state index in [1.165, 1.54) is 0 Å². The minimum absolute atomic E-state index is 0.415. The molecule has 0 saturated heterocycles. The van der Waals surface area contributed by atoms with E-state index >= 15 is 0 Å². The summed E-state index contributed by atoms with van der Waals surface area (Å²) in [6.07, 6.45) is 2.16. The number of nitrogens with zero attached hydrogens (tertiary/aromatic N) is 1. The summed E-state index contributed by atoms with van der Waals surface area (Å²) >= 11 is 2.17. The predicted molar refractivity (Wildman–Crippen MR) is 84.0 cm³/mol. The average Bonchev–Trinajstić information content (AvgIpc) is 2.44. The maximum atomic E-state index is 12.5. The van der Waals surface area contributed by atoms with E-state index in [1.54, 1.807) is 24.3 Å². The summed E-state index contributed by atoms with van der Waals surface area (Å²) in [5.41, 5.74) is 0.545. The molecule has 1 aromatic rings. The topological polar surface area (TPSA) is 59.3 Å². The second-order valence-corrected chi connectivity index (χ2v) is 7.13. The number of halogens is 1. The summed E-state index contributed by atoms with van der Waals surface area (Å²) in [6.45, 7) is 2.45. The molecular weight excluding hydrogens is 376 g/mol. The Hall–Kier alpha value is -0.570. The number of benzene rings is 1. The van der Waals surface area contributed by atoms with Crippen molar-refractivity contribution in [2.45, 2.75) is 19.8 Å². The lowest BCUT2D eigenvalue weighted by Crippen LogP contribution is -2.04. The summed E-state index contributed by atoms with van der Waals surface area (Å²) in [6, 6.07) is 8.59. The first kappa shape index (κ1) is 16.5. The number of alkyl halides is 1. The Kier molecular flexibility index (Phi) is 7.44. The standard InChI is InChI=1S/C13H17INO3P/c1-2-3-10-19(16,17-9-8-14)18-13-6-4-12(11-15)5-7-13/h4-7H,2-3,8-10H2,1H3. The lowest BCUT2D eigenvalue weighted by atomic mass is 10.2. The zero-order chi connectivity index (χ0) is 14.1. The van der Waals surface area contributed by atoms with Gasteiger partial charge in [0.05, 0.1) is 24.4 Å². The van der Waals surface area contributed by atoms with Gasteiger partial charge in [-0.15, -0.1) is 0 Å². The van der Waals surface area contributed by atoms with E-state index in [0.717, 1.165) is 17.3 Å². The largest absolute Gasteiger partial charge is 0.424 e. The molecule has 0 heterocycles. The SMILES string of the molecule is CCCCP(=O)(OCCI)Oc1ccc(C#N)cc1. The molecule has 0 aromatic heterocycles. The number of hydrogen-bond donors (Lipinski definition) is 0. The van der Waals surface area contributed by atoms with Crippen molar-refractivity contribution in [2.24, 2.45) is 0 Å². The number of rotatable bonds is 8. The Morgan fingerprint density at radius 2 is 2.05 bits per heavy atom. The van der Waals surface area contributed by atoms with Crippen LogP contribution in [-0.4, -0.2) is 17.2 Å². The molecule has 6 heteroatoms. The van der Waals surface area contributed by atoms with E-state index in [-0.39, 0.29) is 0 Å². The predicted octanol–water partition coefficient (Wildman–Crippen LogP) is 4.38. The molecule has 4 nitrogen and oxygen atoms in total. The highest BCUT2D eigenvalue weighted by Gasteiger charge is 2.25. The molecule has 0 saturated carbocycles. The van der Waals surface area contributed by atoms with Gasteiger partial charge in [0.2, 0.25) is 0 Å². The highest BCUT2D eigenvalue weighted by Crippen LogP contribution is 2.49. The second kappa shape index (κ2) is 8.57. The molecule has 0 aliphatic rings. The smallest absolute Gasteiger partial charge is 0.379 e. The summed E-state index contributed by atoms with van der Waals surface area (Å²) in [5.74, 6) is 0.479. The molecule has 19 heavy (non-hydrogen) atoms. The van der Waals surface area contributed by atoms with Crippen LogP contribution in [0.25, 0.3) is 0 Å². The van der Waals surface area contributed by atoms with E-state index in [2.05, 4.69) is 22.6 Å². The van der Waals surface area contributed by atoms with Gasteiger partial charge in [-0.05, 0) is 30.7 Å². The summed E-state index contributed by atoms with van der Waals surface area (Å²) < 4.78 is 24.2. The minimum Gasteiger partial charge on any atom is -0.424 e. The fourth-order valence-corrected chi connectivity index (χ4v) is 3.77. The van der Waals surface area contributed by atoms with Crippen LogP contribution in [0.1, 0.15) is 25.3 Å². The van der Waals surface area contributed by atoms with Gasteiger partial charge in [0.15, 0.2) is 0 Å². The molecule has 0 aliphatic heterocycles. The van der Waals surface area contributed by atoms with Crippen molar-refractivity contribution < 1.29 is 13.6 Å². The van der Waals surface area contributed by atoms with Crippen LogP contribution in [0.4, 0.5) is 0 Å². The molecular formula is C13H17INO3P. The van der Waals surface area contributed by atoms with Crippen molar-refractivity contribution >= 4 is 30.2 Å². The highest BCUT2D eigenvalue weighted by atomic mass is 127. The first-order chi connectivity index (χ1) is 9.13. The molecule has 0 bridgehead atoms. The zero-order valence-electron chi connectivity index (χ0n) is 10.8. The Morgan fingerprint density at radius 1 is 1.37 bits per heavy atom. The monoisotopic (exact) mass is 393 g/mol. The van der Waals surface area contributed by atoms with Gasteiger partial charge in [-0.3, -0.25) is 4.52 Å². The Bertz CT molecular complexity index is 458. The van der Waals surface area contributed by atoms with Crippen LogP contribution < -0.4 is 4.52 Å². The number of unbranched alkanes of at least 4 members (excludes halogenated alkanes) is 1. The van der Waals surface area contributed by atoms with Crippen molar-refractivity contribution in [3.8, 4) is 11.8 Å². The van der Waals surface area contributed by atoms with Crippen LogP contribution in [0.2, 0.25) is 0 Å². The quantitative estimate of drug-likeness (QED) is 0.374. The van der Waals surface area contributed by atoms with Crippen LogP contribution in [0.15, 0.2) is 24.3 Å². The minimum atomic E-state index is -3.09. The maximum absolute atomic E-state index is 12.5. The molecule has 0 fully saturated rings. The van der Waals surface area contributed by atoms with Crippen molar-refractivity contribution in [1.82, 2.24) is 0 Å². The Morgan fingerprint density at radius 3 is 2.58 bits per heavy atom. The zero-order valence-corrected chi connectivity index (χ0v) is 13.9. The first-order valence-electron chi connectivity index (χ1n) is 6.13. The van der Waals surface area contributed by atoms with E-state index in [4.69, 9.17) is 14.3 Å². The van der Waals surface area contributed by atoms with Gasteiger partial charge in [-0.25, -0.2) is 4.57 Å². The second-order valence-electron chi connectivity index (χ2n) is 3.94. The highest BCUT2D eigenvalue weighted by molar-refractivity contribution is 14.1. The number of nitriles is 1. The van der Waals surface area contributed by atoms with E-state index in [9.17, 15) is 4.57 Å². The van der Waals surface area contributed by atoms with Crippen LogP contribution in [0, 0.1) is 11.3 Å². The molecule has 1 aromatic carbocycles. The maximum Gasteiger partial charge on any atom is 0.379 e. The lowest BCUT2D eigenvalue weighted by molar-refractivity contribution is 0.282. The third kappa shape index (κ3) is 5.94. The molecule has 0 radical (unpaired) electrons. The van der Waals surface area contributed by atoms with E-state index in [1.807, 2.05) is 13.0 Å². The van der Waals surface area contributed by atoms with Crippen LogP contribution >= 0.6 is 30.2 Å². The summed E-state index contributed by atoms with van der Waals surface area (Å²) in [7, 11) is -3.09. The van der Waals surface area contributed by atoms with E-state index in [0.29, 0.717) is 24.1 Å². The Labute approximate surface area is 127 Å². The van der Waals surface area contributed by atoms with Crippen molar-refractivity contribution in [3.05, 3.63) is 29.8 Å². The average molecular weight is 393 g/mol. The normalized spacial score (nSPS) is 13.5. The van der Waals surface area contributed by atoms with Crippen molar-refractivity contribution in [3.63, 3.8) is 0 Å². The molecule has 1 rings (SSSR count). The van der Waals surface area contributed by atoms with E-state index < -0.39 is 7.60 Å². The van der Waals surface area contributed by atoms with Gasteiger partial charge in [-0.2, -0.15) is 5.26 Å². The van der Waals surface area contributed by atoms with Gasteiger partial charge >= 0.3 is 7.60 Å². The summed E-state index contributed by atoms with van der Waals surface area (Å²) in [4.78, 5) is 0. The molecule has 0 spiro atoms. The Balaban J connectivity index is 2.75. The molecule has 1 unspecified atom stereocenters.